The molecule has 8 nitrogen and oxygen atoms in total. The summed E-state index contributed by atoms with van der Waals surface area (Å²) >= 11 is 0. The number of fused-ring (bicyclic) bond motifs is 3. The molecule has 192 valence electrons. The second-order valence-electron chi connectivity index (χ2n) is 9.42. The molecule has 9 heteroatoms. The first-order valence-corrected chi connectivity index (χ1v) is 13.4. The Bertz CT molecular complexity index is 1440. The Hall–Kier alpha value is -3.85. The van der Waals surface area contributed by atoms with E-state index >= 15 is 0 Å². The number of sulfonamides is 1. The maximum absolute atomic E-state index is 14.1. The zero-order chi connectivity index (χ0) is 26.4. The standard InChI is InChI=1S/C28H28N2O6S/c1-19-13-15-21(16-14-19)37(33,34)30-24-12-8-7-11-22(24)23-18-28(26(31)35-2,17-20-9-5-4-6-10-20)29(25(23)30)27(32)36-3/h4-16,23,25H,17-18H2,1-3H3/t23-,25+,28-/m1/s1. The van der Waals surface area contributed by atoms with Gasteiger partial charge in [0.05, 0.1) is 24.8 Å². The number of benzene rings is 3. The van der Waals surface area contributed by atoms with E-state index in [2.05, 4.69) is 0 Å². The smallest absolute Gasteiger partial charge is 0.412 e. The third-order valence-electron chi connectivity index (χ3n) is 7.31. The Labute approximate surface area is 216 Å². The van der Waals surface area contributed by atoms with E-state index in [0.717, 1.165) is 16.7 Å². The number of aryl methyl sites for hydroxylation is 1. The lowest BCUT2D eigenvalue weighted by Gasteiger charge is -2.40. The molecule has 3 aromatic rings. The second-order valence-corrected chi connectivity index (χ2v) is 11.2. The molecule has 3 aromatic carbocycles. The summed E-state index contributed by atoms with van der Waals surface area (Å²) < 4.78 is 40.0. The van der Waals surface area contributed by atoms with E-state index in [-0.39, 0.29) is 17.7 Å². The van der Waals surface area contributed by atoms with Gasteiger partial charge in [-0.15, -0.1) is 0 Å². The molecule has 0 aliphatic carbocycles. The monoisotopic (exact) mass is 520 g/mol. The van der Waals surface area contributed by atoms with Gasteiger partial charge >= 0.3 is 12.1 Å². The number of esters is 1. The van der Waals surface area contributed by atoms with Crippen LogP contribution in [-0.2, 0) is 30.7 Å². The minimum atomic E-state index is -4.12. The molecule has 3 atom stereocenters. The number of amides is 1. The van der Waals surface area contributed by atoms with Crippen LogP contribution in [-0.4, -0.2) is 51.3 Å². The largest absolute Gasteiger partial charge is 0.467 e. The van der Waals surface area contributed by atoms with Crippen LogP contribution in [0.15, 0.2) is 83.8 Å². The van der Waals surface area contributed by atoms with E-state index in [1.54, 1.807) is 36.4 Å². The number of likely N-dealkylation sites (tertiary alicyclic amines) is 1. The number of ether oxygens (including phenoxy) is 2. The van der Waals surface area contributed by atoms with Gasteiger partial charge in [0.15, 0.2) is 5.54 Å². The van der Waals surface area contributed by atoms with Gasteiger partial charge in [0.2, 0.25) is 0 Å². The summed E-state index contributed by atoms with van der Waals surface area (Å²) in [6.07, 6.45) is -1.50. The molecule has 0 saturated carbocycles. The Kier molecular flexibility index (Phi) is 6.19. The highest BCUT2D eigenvalue weighted by molar-refractivity contribution is 7.92. The van der Waals surface area contributed by atoms with E-state index in [4.69, 9.17) is 9.47 Å². The predicted octanol–water partition coefficient (Wildman–Crippen LogP) is 4.24. The van der Waals surface area contributed by atoms with Crippen LogP contribution in [0.25, 0.3) is 0 Å². The van der Waals surface area contributed by atoms with Crippen LogP contribution in [0.2, 0.25) is 0 Å². The quantitative estimate of drug-likeness (QED) is 0.467. The highest BCUT2D eigenvalue weighted by Crippen LogP contribution is 2.56. The van der Waals surface area contributed by atoms with Gasteiger partial charge in [-0.3, -0.25) is 4.90 Å². The van der Waals surface area contributed by atoms with Gasteiger partial charge in [0, 0.05) is 12.3 Å². The molecule has 1 amide bonds. The summed E-state index contributed by atoms with van der Waals surface area (Å²) in [7, 11) is -1.63. The lowest BCUT2D eigenvalue weighted by molar-refractivity contribution is -0.153. The number of carbonyl (C=O) groups is 2. The van der Waals surface area contributed by atoms with Crippen LogP contribution in [0.4, 0.5) is 10.5 Å². The molecule has 2 heterocycles. The Balaban J connectivity index is 1.73. The topological polar surface area (TPSA) is 93.2 Å². The third kappa shape index (κ3) is 3.85. The second kappa shape index (κ2) is 9.23. The summed E-state index contributed by atoms with van der Waals surface area (Å²) in [4.78, 5) is 28.4. The summed E-state index contributed by atoms with van der Waals surface area (Å²) in [5.41, 5.74) is 1.47. The zero-order valence-corrected chi connectivity index (χ0v) is 21.6. The van der Waals surface area contributed by atoms with Crippen LogP contribution >= 0.6 is 0 Å². The molecular formula is C28H28N2O6S. The molecule has 2 aliphatic rings. The van der Waals surface area contributed by atoms with Gasteiger partial charge in [-0.05, 0) is 42.7 Å². The number of methoxy groups -OCH3 is 2. The number of anilines is 1. The zero-order valence-electron chi connectivity index (χ0n) is 20.8. The summed E-state index contributed by atoms with van der Waals surface area (Å²) in [6.45, 7) is 1.88. The van der Waals surface area contributed by atoms with Crippen molar-refractivity contribution in [1.82, 2.24) is 4.90 Å². The maximum atomic E-state index is 14.1. The van der Waals surface area contributed by atoms with Crippen molar-refractivity contribution in [2.24, 2.45) is 0 Å². The normalized spacial score (nSPS) is 22.4. The van der Waals surface area contributed by atoms with Crippen molar-refractivity contribution < 1.29 is 27.5 Å². The molecule has 0 spiro atoms. The van der Waals surface area contributed by atoms with E-state index in [9.17, 15) is 18.0 Å². The van der Waals surface area contributed by atoms with Gasteiger partial charge in [-0.2, -0.15) is 0 Å². The van der Waals surface area contributed by atoms with E-state index in [1.807, 2.05) is 49.4 Å². The Morgan fingerprint density at radius 1 is 0.919 bits per heavy atom. The van der Waals surface area contributed by atoms with Gasteiger partial charge in [-0.1, -0.05) is 66.2 Å². The van der Waals surface area contributed by atoms with Gasteiger partial charge in [0.25, 0.3) is 10.0 Å². The van der Waals surface area contributed by atoms with Gasteiger partial charge in [0.1, 0.15) is 6.17 Å². The number of rotatable bonds is 5. The van der Waals surface area contributed by atoms with Crippen molar-refractivity contribution in [2.75, 3.05) is 18.5 Å². The first-order valence-electron chi connectivity index (χ1n) is 11.9. The van der Waals surface area contributed by atoms with Crippen molar-refractivity contribution in [1.29, 1.82) is 0 Å². The molecule has 0 N–H and O–H groups in total. The van der Waals surface area contributed by atoms with Gasteiger partial charge < -0.3 is 9.47 Å². The average molecular weight is 521 g/mol. The van der Waals surface area contributed by atoms with Crippen LogP contribution in [0.1, 0.15) is 29.0 Å². The van der Waals surface area contributed by atoms with Crippen molar-refractivity contribution >= 4 is 27.8 Å². The fourth-order valence-electron chi connectivity index (χ4n) is 5.70. The van der Waals surface area contributed by atoms with E-state index < -0.39 is 39.7 Å². The fraction of sp³-hybridized carbons (Fsp3) is 0.286. The molecule has 0 aromatic heterocycles. The van der Waals surface area contributed by atoms with Crippen LogP contribution in [0.5, 0.6) is 0 Å². The SMILES string of the molecule is COC(=O)N1[C@@H]2[C@H](C[C@]1(Cc1ccccc1)C(=O)OC)c1ccccc1N2S(=O)(=O)c1ccc(C)cc1. The molecule has 5 rings (SSSR count). The maximum Gasteiger partial charge on any atom is 0.412 e. The van der Waals surface area contributed by atoms with Crippen molar-refractivity contribution in [3.05, 3.63) is 95.6 Å². The number of carbonyl (C=O) groups excluding carboxylic acids is 2. The number of hydrogen-bond acceptors (Lipinski definition) is 6. The molecule has 0 bridgehead atoms. The minimum Gasteiger partial charge on any atom is -0.467 e. The number of hydrogen-bond donors (Lipinski definition) is 0. The Morgan fingerprint density at radius 3 is 2.22 bits per heavy atom. The van der Waals surface area contributed by atoms with E-state index in [1.165, 1.54) is 23.4 Å². The summed E-state index contributed by atoms with van der Waals surface area (Å²) in [5, 5.41) is 0. The van der Waals surface area contributed by atoms with Crippen molar-refractivity contribution in [3.8, 4) is 0 Å². The van der Waals surface area contributed by atoms with Crippen molar-refractivity contribution in [3.63, 3.8) is 0 Å². The molecule has 1 saturated heterocycles. The first kappa shape index (κ1) is 24.8. The highest BCUT2D eigenvalue weighted by Gasteiger charge is 2.65. The summed E-state index contributed by atoms with van der Waals surface area (Å²) in [5.74, 6) is -1.10. The van der Waals surface area contributed by atoms with Crippen molar-refractivity contribution in [2.45, 2.75) is 42.3 Å². The molecule has 2 aliphatic heterocycles. The number of nitrogens with zero attached hydrogens (tertiary/aromatic N) is 2. The summed E-state index contributed by atoms with van der Waals surface area (Å²) in [6, 6.07) is 23.0. The molecule has 37 heavy (non-hydrogen) atoms. The van der Waals surface area contributed by atoms with Crippen LogP contribution in [0.3, 0.4) is 0 Å². The predicted molar refractivity (Wildman–Crippen MR) is 138 cm³/mol. The Morgan fingerprint density at radius 2 is 1.57 bits per heavy atom. The minimum absolute atomic E-state index is 0.0944. The van der Waals surface area contributed by atoms with Crippen LogP contribution in [0, 0.1) is 6.92 Å². The third-order valence-corrected chi connectivity index (χ3v) is 9.11. The molecule has 0 radical (unpaired) electrons. The molecule has 0 unspecified atom stereocenters. The number of para-hydroxylation sites is 1. The lowest BCUT2D eigenvalue weighted by Crippen LogP contribution is -2.61. The van der Waals surface area contributed by atoms with Gasteiger partial charge in [-0.25, -0.2) is 22.3 Å². The van der Waals surface area contributed by atoms with E-state index in [0.29, 0.717) is 5.69 Å². The molecular weight excluding hydrogens is 492 g/mol. The molecule has 1 fully saturated rings. The first-order chi connectivity index (χ1) is 17.7. The highest BCUT2D eigenvalue weighted by atomic mass is 32.2. The lowest BCUT2D eigenvalue weighted by atomic mass is 9.84. The fourth-order valence-corrected chi connectivity index (χ4v) is 7.35. The van der Waals surface area contributed by atoms with Crippen LogP contribution < -0.4 is 4.31 Å². The average Bonchev–Trinajstić information content (AvgIpc) is 3.40.